The predicted octanol–water partition coefficient (Wildman–Crippen LogP) is -0.0737. The molecule has 8 heteroatoms. The second kappa shape index (κ2) is 7.72. The average Bonchev–Trinajstić information content (AvgIpc) is 2.32. The van der Waals surface area contributed by atoms with Crippen LogP contribution in [0.1, 0.15) is 0 Å². The Balaban J connectivity index is 0. The summed E-state index contributed by atoms with van der Waals surface area (Å²) >= 11 is 0. The van der Waals surface area contributed by atoms with E-state index in [9.17, 15) is 0 Å². The lowest BCUT2D eigenvalue weighted by Crippen LogP contribution is -2.48. The molecule has 0 rings (SSSR count). The summed E-state index contributed by atoms with van der Waals surface area (Å²) in [5.41, 5.74) is 0. The van der Waals surface area contributed by atoms with Gasteiger partial charge in [0.1, 0.15) is 0 Å². The molecule has 0 unspecified atom stereocenters. The number of rotatable bonds is 0. The molecule has 0 bridgehead atoms. The highest BCUT2D eigenvalue weighted by molar-refractivity contribution is 7.05. The summed E-state index contributed by atoms with van der Waals surface area (Å²) in [6, 6.07) is 0. The van der Waals surface area contributed by atoms with E-state index in [0.29, 0.717) is 0 Å². The Labute approximate surface area is 114 Å². The fraction of sp³-hybridized carbons (Fsp3) is 0.545. The summed E-state index contributed by atoms with van der Waals surface area (Å²) in [7, 11) is 12.1. The van der Waals surface area contributed by atoms with Gasteiger partial charge in [-0.2, -0.15) is 0 Å². The van der Waals surface area contributed by atoms with Crippen molar-refractivity contribution in [3.05, 3.63) is 0 Å². The molecule has 0 saturated carbocycles. The highest BCUT2D eigenvalue weighted by atomic mass is 15.4. The highest BCUT2D eigenvalue weighted by Gasteiger charge is 2.22. The van der Waals surface area contributed by atoms with Crippen LogP contribution in [-0.2, 0) is 0 Å². The maximum Gasteiger partial charge on any atom is 0.383 e. The van der Waals surface area contributed by atoms with Crippen LogP contribution in [0.4, 0.5) is 0 Å². The molecular formula is C11H18BN7. The standard InChI is InChI=1S/C7H18N3.C4BN4/c1-8-7(9(2)3)10(4,5)6;6-1-5(2-7,3-8)4-9/h1-6H3;/q+1;-1. The fourth-order valence-electron chi connectivity index (χ4n) is 1.27. The predicted molar refractivity (Wildman–Crippen MR) is 73.3 cm³/mol. The van der Waals surface area contributed by atoms with Crippen LogP contribution in [0, 0.1) is 44.9 Å². The van der Waals surface area contributed by atoms with Gasteiger partial charge in [-0.15, -0.1) is 23.9 Å². The first kappa shape index (κ1) is 18.8. The van der Waals surface area contributed by atoms with Crippen LogP contribution in [0.25, 0.3) is 0 Å². The summed E-state index contributed by atoms with van der Waals surface area (Å²) in [5.74, 6) is 6.44. The zero-order chi connectivity index (χ0) is 15.7. The van der Waals surface area contributed by atoms with Crippen LogP contribution in [-0.4, -0.2) is 63.8 Å². The molecule has 0 aliphatic rings. The first-order valence-electron chi connectivity index (χ1n) is 5.40. The van der Waals surface area contributed by atoms with Crippen molar-refractivity contribution in [2.24, 2.45) is 4.99 Å². The molecule has 0 aliphatic heterocycles. The van der Waals surface area contributed by atoms with Crippen molar-refractivity contribution in [2.75, 3.05) is 42.3 Å². The first-order valence-corrected chi connectivity index (χ1v) is 5.40. The Morgan fingerprint density at radius 2 is 1.26 bits per heavy atom. The fourth-order valence-corrected chi connectivity index (χ4v) is 1.27. The molecule has 0 aliphatic carbocycles. The lowest BCUT2D eigenvalue weighted by atomic mass is 9.30. The molecule has 7 nitrogen and oxygen atoms in total. The van der Waals surface area contributed by atoms with Crippen LogP contribution in [0.15, 0.2) is 4.99 Å². The Morgan fingerprint density at radius 3 is 1.26 bits per heavy atom. The smallest absolute Gasteiger partial charge is 0.317 e. The van der Waals surface area contributed by atoms with E-state index >= 15 is 0 Å². The summed E-state index contributed by atoms with van der Waals surface area (Å²) in [4.78, 5) is 6.20. The lowest BCUT2D eigenvalue weighted by molar-refractivity contribution is -0.782. The minimum Gasteiger partial charge on any atom is -0.317 e. The molecule has 0 saturated heterocycles. The molecular weight excluding hydrogens is 241 g/mol. The van der Waals surface area contributed by atoms with Crippen molar-refractivity contribution in [2.45, 2.75) is 0 Å². The normalized spacial score (nSPS) is 10.7. The van der Waals surface area contributed by atoms with E-state index in [4.69, 9.17) is 21.0 Å². The summed E-state index contributed by atoms with van der Waals surface area (Å²) < 4.78 is 0.767. The van der Waals surface area contributed by atoms with Gasteiger partial charge in [-0.3, -0.25) is 4.48 Å². The third-order valence-corrected chi connectivity index (χ3v) is 1.97. The zero-order valence-electron chi connectivity index (χ0n) is 12.2. The van der Waals surface area contributed by atoms with Gasteiger partial charge in [-0.25, -0.2) is 26.0 Å². The topological polar surface area (TPSA) is 111 Å². The molecule has 0 fully saturated rings. The number of hydrogen-bond donors (Lipinski definition) is 0. The lowest BCUT2D eigenvalue weighted by Gasteiger charge is -2.28. The third kappa shape index (κ3) is 6.08. The Hall–Kier alpha value is -2.55. The minimum absolute atomic E-state index is 0.767. The average molecular weight is 259 g/mol. The van der Waals surface area contributed by atoms with Gasteiger partial charge >= 0.3 is 6.15 Å². The number of quaternary nitrogens is 1. The largest absolute Gasteiger partial charge is 0.383 e. The van der Waals surface area contributed by atoms with Gasteiger partial charge in [0, 0.05) is 21.1 Å². The van der Waals surface area contributed by atoms with E-state index in [2.05, 4.69) is 26.1 Å². The van der Waals surface area contributed by atoms with E-state index in [1.807, 2.05) is 26.0 Å². The van der Waals surface area contributed by atoms with Gasteiger partial charge in [0.15, 0.2) is 0 Å². The molecule has 0 heterocycles. The monoisotopic (exact) mass is 259 g/mol. The number of nitriles is 4. The van der Waals surface area contributed by atoms with Crippen LogP contribution < -0.4 is 0 Å². The molecule has 0 radical (unpaired) electrons. The summed E-state index contributed by atoms with van der Waals surface area (Å²) in [6.45, 7) is 0. The number of nitrogens with zero attached hydrogens (tertiary/aromatic N) is 7. The minimum atomic E-state index is -2.72. The Kier molecular flexibility index (Phi) is 7.64. The Morgan fingerprint density at radius 1 is 0.947 bits per heavy atom. The van der Waals surface area contributed by atoms with Crippen LogP contribution in [0.5, 0.6) is 0 Å². The number of guanidine groups is 1. The van der Waals surface area contributed by atoms with Crippen molar-refractivity contribution < 1.29 is 4.48 Å². The van der Waals surface area contributed by atoms with Gasteiger partial charge in [-0.1, -0.05) is 0 Å². The van der Waals surface area contributed by atoms with Gasteiger partial charge in [-0.05, 0) is 0 Å². The van der Waals surface area contributed by atoms with Crippen molar-refractivity contribution in [3.63, 3.8) is 0 Å². The van der Waals surface area contributed by atoms with E-state index < -0.39 is 6.15 Å². The SMILES string of the molecule is CN=C(N(C)C)[N+](C)(C)C.N#C[B-](C#N)(C#N)C#N. The second-order valence-electron chi connectivity index (χ2n) is 4.81. The third-order valence-electron chi connectivity index (χ3n) is 1.97. The van der Waals surface area contributed by atoms with Gasteiger partial charge < -0.3 is 4.90 Å². The van der Waals surface area contributed by atoms with Gasteiger partial charge in [0.05, 0.1) is 21.1 Å². The van der Waals surface area contributed by atoms with E-state index in [1.165, 1.54) is 23.9 Å². The van der Waals surface area contributed by atoms with Gasteiger partial charge in [0.25, 0.3) is 5.96 Å². The molecule has 0 aromatic rings. The molecule has 0 spiro atoms. The van der Waals surface area contributed by atoms with E-state index in [0.717, 1.165) is 10.4 Å². The van der Waals surface area contributed by atoms with Gasteiger partial charge in [0.2, 0.25) is 0 Å². The molecule has 100 valence electrons. The molecule has 0 N–H and O–H groups in total. The molecule has 0 amide bonds. The van der Waals surface area contributed by atoms with Crippen molar-refractivity contribution in [1.29, 1.82) is 21.0 Å². The van der Waals surface area contributed by atoms with E-state index in [1.54, 1.807) is 0 Å². The summed E-state index contributed by atoms with van der Waals surface area (Å²) in [6.07, 6.45) is -2.72. The first-order chi connectivity index (χ1) is 8.63. The maximum absolute atomic E-state index is 8.09. The molecule has 19 heavy (non-hydrogen) atoms. The molecule has 0 atom stereocenters. The Bertz CT molecular complexity index is 426. The molecule has 0 aromatic carbocycles. The van der Waals surface area contributed by atoms with Crippen LogP contribution in [0.2, 0.25) is 0 Å². The van der Waals surface area contributed by atoms with Crippen molar-refractivity contribution in [3.8, 4) is 23.9 Å². The number of aliphatic imine (C=N–C) groups is 1. The maximum atomic E-state index is 8.09. The molecule has 0 aromatic heterocycles. The highest BCUT2D eigenvalue weighted by Crippen LogP contribution is 1.96. The van der Waals surface area contributed by atoms with Crippen LogP contribution in [0.3, 0.4) is 0 Å². The number of hydrogen-bond acceptors (Lipinski definition) is 5. The zero-order valence-corrected chi connectivity index (χ0v) is 12.2. The summed E-state index contributed by atoms with van der Waals surface area (Å²) in [5, 5.41) is 32.3. The quantitative estimate of drug-likeness (QED) is 0.261. The second-order valence-corrected chi connectivity index (χ2v) is 4.81. The van der Waals surface area contributed by atoms with Crippen molar-refractivity contribution >= 4 is 12.1 Å². The van der Waals surface area contributed by atoms with Crippen molar-refractivity contribution in [1.82, 2.24) is 4.90 Å². The van der Waals surface area contributed by atoms with Crippen LogP contribution >= 0.6 is 0 Å². The van der Waals surface area contributed by atoms with E-state index in [-0.39, 0.29) is 0 Å².